The normalized spacial score (nSPS) is 8.00. The average Bonchev–Trinajstić information content (AvgIpc) is 2.92. The van der Waals surface area contributed by atoms with Gasteiger partial charge in [0.05, 0.1) is 23.6 Å². The molecule has 0 aliphatic heterocycles. The van der Waals surface area contributed by atoms with Crippen molar-refractivity contribution in [1.82, 2.24) is 0 Å². The third-order valence-electron chi connectivity index (χ3n) is 4.14. The SMILES string of the molecule is [Cl-].[Cl-].[NH-]C(=O)c1ccccc1.[NH-]C(=O)c1ccccc1.[NH-]C(=O)c1ccccc1.[NH-]C(=O)c1ccccc1.[Zr+3].[Zr+3]. The maximum Gasteiger partial charge on any atom is 3.00 e. The molecule has 0 aromatic heterocycles. The summed E-state index contributed by atoms with van der Waals surface area (Å²) in [6, 6.07) is 34.1. The molecule has 8 nitrogen and oxygen atoms in total. The number of amides is 4. The number of nitrogens with one attached hydrogen (secondary N) is 4. The predicted molar refractivity (Wildman–Crippen MR) is 140 cm³/mol. The fourth-order valence-corrected chi connectivity index (χ4v) is 2.36. The molecule has 4 aromatic rings. The standard InChI is InChI=1S/4C7H7NO.2ClH.2Zr/c4*8-7(9)6-4-2-1-3-5-6;;;;/h4*1-5H,(H2,8,9);2*1H;;/q;;;;;;2*+3/p-6. The van der Waals surface area contributed by atoms with Crippen LogP contribution >= 0.6 is 0 Å². The molecular formula is C28H24Cl2N4O4Zr2. The molecule has 0 unspecified atom stereocenters. The van der Waals surface area contributed by atoms with Gasteiger partial charge in [-0.15, -0.1) is 0 Å². The van der Waals surface area contributed by atoms with Crippen molar-refractivity contribution in [3.63, 3.8) is 0 Å². The van der Waals surface area contributed by atoms with Gasteiger partial charge in [0.2, 0.25) is 0 Å². The fourth-order valence-electron chi connectivity index (χ4n) is 2.36. The van der Waals surface area contributed by atoms with E-state index in [2.05, 4.69) is 0 Å². The van der Waals surface area contributed by atoms with E-state index in [1.54, 1.807) is 97.1 Å². The van der Waals surface area contributed by atoms with Crippen LogP contribution in [0.2, 0.25) is 0 Å². The van der Waals surface area contributed by atoms with E-state index in [0.29, 0.717) is 22.3 Å². The molecule has 0 aliphatic carbocycles. The smallest absolute Gasteiger partial charge is 1.00 e. The maximum absolute atomic E-state index is 10.3. The molecule has 4 rings (SSSR count). The van der Waals surface area contributed by atoms with E-state index in [1.807, 2.05) is 24.3 Å². The average molecular weight is 734 g/mol. The second-order valence-corrected chi connectivity index (χ2v) is 6.78. The number of hydrogen-bond acceptors (Lipinski definition) is 4. The Morgan fingerprint density at radius 1 is 0.325 bits per heavy atom. The van der Waals surface area contributed by atoms with Crippen molar-refractivity contribution in [1.29, 1.82) is 0 Å². The first-order chi connectivity index (χ1) is 17.2. The number of rotatable bonds is 4. The summed E-state index contributed by atoms with van der Waals surface area (Å²) < 4.78 is 0. The molecule has 0 saturated heterocycles. The van der Waals surface area contributed by atoms with Crippen LogP contribution in [0.1, 0.15) is 41.4 Å². The molecular weight excluding hydrogens is 710 g/mol. The van der Waals surface area contributed by atoms with Crippen molar-refractivity contribution in [3.05, 3.63) is 167 Å². The minimum Gasteiger partial charge on any atom is -1.00 e. The fraction of sp³-hybridized carbons (Fsp3) is 0. The molecule has 0 bridgehead atoms. The number of carbonyl (C=O) groups excluding carboxylic acids is 4. The Hall–Kier alpha value is -2.89. The zero-order valence-corrected chi connectivity index (χ0v) is 27.4. The molecule has 0 fully saturated rings. The van der Waals surface area contributed by atoms with Crippen molar-refractivity contribution in [2.75, 3.05) is 0 Å². The summed E-state index contributed by atoms with van der Waals surface area (Å²) in [5.41, 5.74) is 28.5. The van der Waals surface area contributed by atoms with Crippen LogP contribution < -0.4 is 24.8 Å². The molecule has 12 heteroatoms. The number of hydrogen-bond donors (Lipinski definition) is 0. The molecule has 0 spiro atoms. The first-order valence-electron chi connectivity index (χ1n) is 10.5. The molecule has 0 heterocycles. The maximum atomic E-state index is 10.3. The summed E-state index contributed by atoms with van der Waals surface area (Å²) >= 11 is 0. The van der Waals surface area contributed by atoms with Crippen LogP contribution in [0.3, 0.4) is 0 Å². The number of benzene rings is 4. The van der Waals surface area contributed by atoms with Gasteiger partial charge in [0.1, 0.15) is 0 Å². The van der Waals surface area contributed by atoms with Crippen LogP contribution in [0.25, 0.3) is 22.9 Å². The first kappa shape index (κ1) is 44.1. The van der Waals surface area contributed by atoms with E-state index in [4.69, 9.17) is 22.9 Å². The Morgan fingerprint density at radius 2 is 0.450 bits per heavy atom. The number of carbonyl (C=O) groups is 4. The Bertz CT molecular complexity index is 1040. The summed E-state index contributed by atoms with van der Waals surface area (Å²) in [5, 5.41) is 0. The van der Waals surface area contributed by atoms with Gasteiger partial charge < -0.3 is 66.9 Å². The zero-order valence-electron chi connectivity index (χ0n) is 20.9. The zero-order chi connectivity index (χ0) is 26.8. The first-order valence-corrected chi connectivity index (χ1v) is 10.5. The van der Waals surface area contributed by atoms with Crippen LogP contribution in [0.4, 0.5) is 0 Å². The Kier molecular flexibility index (Phi) is 29.1. The van der Waals surface area contributed by atoms with Crippen LogP contribution in [0, 0.1) is 0 Å². The predicted octanol–water partition coefficient (Wildman–Crippen LogP) is 1.52. The van der Waals surface area contributed by atoms with Crippen molar-refractivity contribution in [3.8, 4) is 0 Å². The van der Waals surface area contributed by atoms with E-state index in [9.17, 15) is 19.2 Å². The minimum absolute atomic E-state index is 0. The van der Waals surface area contributed by atoms with Gasteiger partial charge in [0.15, 0.2) is 0 Å². The van der Waals surface area contributed by atoms with Crippen molar-refractivity contribution in [2.24, 2.45) is 0 Å². The van der Waals surface area contributed by atoms with E-state index >= 15 is 0 Å². The van der Waals surface area contributed by atoms with E-state index < -0.39 is 23.6 Å². The summed E-state index contributed by atoms with van der Waals surface area (Å²) in [7, 11) is 0. The topological polar surface area (TPSA) is 163 Å². The largest absolute Gasteiger partial charge is 3.00 e. The monoisotopic (exact) mass is 730 g/mol. The summed E-state index contributed by atoms with van der Waals surface area (Å²) in [5.74, 6) is -2.52. The van der Waals surface area contributed by atoms with Crippen molar-refractivity contribution in [2.45, 2.75) is 0 Å². The van der Waals surface area contributed by atoms with Gasteiger partial charge in [-0.05, 0) is 22.3 Å². The molecule has 2 radical (unpaired) electrons. The van der Waals surface area contributed by atoms with E-state index in [0.717, 1.165) is 0 Å². The molecule has 0 aliphatic rings. The van der Waals surface area contributed by atoms with Crippen LogP contribution in [-0.2, 0) is 52.4 Å². The Morgan fingerprint density at radius 3 is 0.525 bits per heavy atom. The van der Waals surface area contributed by atoms with Crippen LogP contribution in [0.5, 0.6) is 0 Å². The quantitative estimate of drug-likeness (QED) is 0.311. The third-order valence-corrected chi connectivity index (χ3v) is 4.14. The minimum atomic E-state index is -0.629. The molecule has 4 N–H and O–H groups in total. The van der Waals surface area contributed by atoms with Gasteiger partial charge >= 0.3 is 52.4 Å². The molecule has 202 valence electrons. The van der Waals surface area contributed by atoms with E-state index in [-0.39, 0.29) is 77.2 Å². The van der Waals surface area contributed by atoms with Gasteiger partial charge in [-0.1, -0.05) is 121 Å². The van der Waals surface area contributed by atoms with Gasteiger partial charge in [0, 0.05) is 0 Å². The second-order valence-electron chi connectivity index (χ2n) is 6.78. The van der Waals surface area contributed by atoms with Gasteiger partial charge in [-0.25, -0.2) is 0 Å². The Labute approximate surface area is 284 Å². The molecule has 40 heavy (non-hydrogen) atoms. The summed E-state index contributed by atoms with van der Waals surface area (Å²) in [6.45, 7) is 0. The van der Waals surface area contributed by atoms with Crippen molar-refractivity contribution < 1.29 is 96.4 Å². The third kappa shape index (κ3) is 20.1. The van der Waals surface area contributed by atoms with Gasteiger partial charge in [-0.3, -0.25) is 0 Å². The van der Waals surface area contributed by atoms with E-state index in [1.165, 1.54) is 0 Å². The molecule has 0 saturated carbocycles. The van der Waals surface area contributed by atoms with Crippen LogP contribution in [-0.4, -0.2) is 23.6 Å². The number of halogens is 2. The second kappa shape index (κ2) is 26.3. The Balaban J connectivity index is -0.000000209. The van der Waals surface area contributed by atoms with Gasteiger partial charge in [-0.2, -0.15) is 0 Å². The van der Waals surface area contributed by atoms with Crippen LogP contribution in [0.15, 0.2) is 121 Å². The van der Waals surface area contributed by atoms with Gasteiger partial charge in [0.25, 0.3) is 0 Å². The molecule has 0 atom stereocenters. The molecule has 4 aromatic carbocycles. The summed E-state index contributed by atoms with van der Waals surface area (Å²) in [6.07, 6.45) is 0. The molecule has 4 amide bonds. The summed E-state index contributed by atoms with van der Waals surface area (Å²) in [4.78, 5) is 41.2. The van der Waals surface area contributed by atoms with Crippen molar-refractivity contribution >= 4 is 23.6 Å².